The third-order valence-corrected chi connectivity index (χ3v) is 6.16. The van der Waals surface area contributed by atoms with E-state index in [-0.39, 0.29) is 18.1 Å². The summed E-state index contributed by atoms with van der Waals surface area (Å²) in [6, 6.07) is 5.78. The highest BCUT2D eigenvalue weighted by molar-refractivity contribution is 8.00. The number of rotatable bonds is 8. The van der Waals surface area contributed by atoms with Gasteiger partial charge in [-0.3, -0.25) is 9.69 Å². The maximum absolute atomic E-state index is 12.2. The summed E-state index contributed by atoms with van der Waals surface area (Å²) in [5, 5.41) is 2.87. The van der Waals surface area contributed by atoms with Crippen molar-refractivity contribution < 1.29 is 19.1 Å². The summed E-state index contributed by atoms with van der Waals surface area (Å²) in [5.41, 5.74) is 0.860. The van der Waals surface area contributed by atoms with E-state index >= 15 is 0 Å². The van der Waals surface area contributed by atoms with Crippen molar-refractivity contribution in [3.8, 4) is 5.75 Å². The normalized spacial score (nSPS) is 18.0. The molecule has 0 aromatic heterocycles. The number of amides is 2. The van der Waals surface area contributed by atoms with E-state index in [9.17, 15) is 9.59 Å². The van der Waals surface area contributed by atoms with Crippen molar-refractivity contribution in [2.24, 2.45) is 0 Å². The first-order valence-corrected chi connectivity index (χ1v) is 11.4. The highest BCUT2D eigenvalue weighted by Crippen LogP contribution is 2.34. The lowest BCUT2D eigenvalue weighted by atomic mass is 10.2. The maximum Gasteiger partial charge on any atom is 0.410 e. The molecule has 0 bridgehead atoms. The molecule has 1 fully saturated rings. The number of ether oxygens (including phenoxy) is 2. The third-order valence-electron chi connectivity index (χ3n) is 5.10. The van der Waals surface area contributed by atoms with E-state index in [2.05, 4.69) is 17.1 Å². The van der Waals surface area contributed by atoms with Crippen LogP contribution in [-0.2, 0) is 9.53 Å². The van der Waals surface area contributed by atoms with Crippen LogP contribution in [0, 0.1) is 0 Å². The van der Waals surface area contributed by atoms with E-state index in [0.717, 1.165) is 55.2 Å². The predicted octanol–water partition coefficient (Wildman–Crippen LogP) is 3.44. The van der Waals surface area contributed by atoms with Crippen molar-refractivity contribution in [1.29, 1.82) is 0 Å². The number of carbonyl (C=O) groups is 2. The van der Waals surface area contributed by atoms with E-state index < -0.39 is 0 Å². The average Bonchev–Trinajstić information content (AvgIpc) is 2.71. The first-order chi connectivity index (χ1) is 14.0. The molecule has 1 atom stereocenters. The molecule has 8 heteroatoms. The molecule has 0 radical (unpaired) electrons. The Labute approximate surface area is 177 Å². The molecular formula is C21H31N3O4S. The highest BCUT2D eigenvalue weighted by Gasteiger charge is 2.23. The topological polar surface area (TPSA) is 71.1 Å². The number of benzene rings is 1. The number of hydrogen-bond acceptors (Lipinski definition) is 6. The van der Waals surface area contributed by atoms with Gasteiger partial charge in [0, 0.05) is 37.6 Å². The summed E-state index contributed by atoms with van der Waals surface area (Å²) in [5.74, 6) is 1.33. The lowest BCUT2D eigenvalue weighted by Crippen LogP contribution is -2.49. The predicted molar refractivity (Wildman–Crippen MR) is 115 cm³/mol. The summed E-state index contributed by atoms with van der Waals surface area (Å²) in [6.45, 7) is 8.81. The van der Waals surface area contributed by atoms with E-state index in [1.54, 1.807) is 0 Å². The van der Waals surface area contributed by atoms with Crippen molar-refractivity contribution in [3.05, 3.63) is 18.2 Å². The number of hydrogen-bond donors (Lipinski definition) is 1. The van der Waals surface area contributed by atoms with Gasteiger partial charge < -0.3 is 19.7 Å². The molecule has 160 valence electrons. The van der Waals surface area contributed by atoms with Gasteiger partial charge in [0.15, 0.2) is 0 Å². The fraction of sp³-hybridized carbons (Fsp3) is 0.619. The van der Waals surface area contributed by atoms with Crippen LogP contribution in [0.1, 0.15) is 33.1 Å². The maximum atomic E-state index is 12.2. The molecule has 2 aliphatic rings. The Morgan fingerprint density at radius 3 is 2.83 bits per heavy atom. The zero-order chi connectivity index (χ0) is 20.6. The lowest BCUT2D eigenvalue weighted by Gasteiger charge is -2.34. The molecule has 2 amide bonds. The monoisotopic (exact) mass is 421 g/mol. The van der Waals surface area contributed by atoms with Gasteiger partial charge >= 0.3 is 6.09 Å². The summed E-state index contributed by atoms with van der Waals surface area (Å²) in [4.78, 5) is 28.8. The Hall–Kier alpha value is -1.93. The van der Waals surface area contributed by atoms with Crippen LogP contribution in [0.5, 0.6) is 5.75 Å². The number of anilines is 1. The first-order valence-electron chi connectivity index (χ1n) is 10.4. The molecule has 3 rings (SSSR count). The zero-order valence-electron chi connectivity index (χ0n) is 17.3. The van der Waals surface area contributed by atoms with Gasteiger partial charge in [0.25, 0.3) is 0 Å². The van der Waals surface area contributed by atoms with Crippen molar-refractivity contribution in [2.75, 3.05) is 50.4 Å². The molecule has 29 heavy (non-hydrogen) atoms. The molecule has 2 aliphatic heterocycles. The molecule has 1 aromatic carbocycles. The van der Waals surface area contributed by atoms with E-state index in [4.69, 9.17) is 9.47 Å². The second-order valence-corrected chi connectivity index (χ2v) is 8.53. The Morgan fingerprint density at radius 2 is 2.07 bits per heavy atom. The average molecular weight is 422 g/mol. The molecular weight excluding hydrogens is 390 g/mol. The van der Waals surface area contributed by atoms with Gasteiger partial charge in [-0.2, -0.15) is 0 Å². The quantitative estimate of drug-likeness (QED) is 0.649. The summed E-state index contributed by atoms with van der Waals surface area (Å²) in [7, 11) is 0. The first kappa shape index (κ1) is 21.8. The van der Waals surface area contributed by atoms with Gasteiger partial charge in [0.1, 0.15) is 11.9 Å². The second kappa shape index (κ2) is 10.7. The van der Waals surface area contributed by atoms with Crippen LogP contribution < -0.4 is 10.1 Å². The van der Waals surface area contributed by atoms with Crippen LogP contribution in [0.2, 0.25) is 0 Å². The van der Waals surface area contributed by atoms with E-state index in [1.807, 2.05) is 30.0 Å². The number of piperazine rings is 1. The van der Waals surface area contributed by atoms with Gasteiger partial charge in [-0.05, 0) is 38.0 Å². The van der Waals surface area contributed by atoms with Crippen LogP contribution >= 0.6 is 11.8 Å². The number of carbonyl (C=O) groups excluding carboxylic acids is 2. The van der Waals surface area contributed by atoms with Gasteiger partial charge in [-0.25, -0.2) is 4.79 Å². The van der Waals surface area contributed by atoms with Gasteiger partial charge in [0.2, 0.25) is 5.91 Å². The van der Waals surface area contributed by atoms with Crippen LogP contribution in [-0.4, -0.2) is 73.0 Å². The van der Waals surface area contributed by atoms with Crippen LogP contribution in [0.4, 0.5) is 10.5 Å². The molecule has 1 saturated heterocycles. The second-order valence-electron chi connectivity index (χ2n) is 7.51. The number of thioether (sulfide) groups is 1. The number of nitrogens with zero attached hydrogens (tertiary/aromatic N) is 2. The molecule has 1 aromatic rings. The van der Waals surface area contributed by atoms with Gasteiger partial charge in [0.05, 0.1) is 18.0 Å². The minimum atomic E-state index is -0.185. The molecule has 0 saturated carbocycles. The van der Waals surface area contributed by atoms with Crippen LogP contribution in [0.15, 0.2) is 23.1 Å². The summed E-state index contributed by atoms with van der Waals surface area (Å²) < 4.78 is 11.4. The Kier molecular flexibility index (Phi) is 8.06. The Balaban J connectivity index is 1.32. The molecule has 2 heterocycles. The highest BCUT2D eigenvalue weighted by atomic mass is 32.2. The largest absolute Gasteiger partial charge is 0.494 e. The van der Waals surface area contributed by atoms with Crippen molar-refractivity contribution in [3.63, 3.8) is 0 Å². The molecule has 0 spiro atoms. The van der Waals surface area contributed by atoms with Crippen molar-refractivity contribution in [1.82, 2.24) is 9.80 Å². The number of fused-ring (bicyclic) bond motifs is 1. The zero-order valence-corrected chi connectivity index (χ0v) is 18.1. The molecule has 1 unspecified atom stereocenters. The number of nitrogens with one attached hydrogen (secondary N) is 1. The molecule has 1 N–H and O–H groups in total. The minimum absolute atomic E-state index is 0.0130. The lowest BCUT2D eigenvalue weighted by molar-refractivity contribution is -0.113. The standard InChI is InChI=1S/C21H31N3O4S/c1-3-5-16(2)28-21(26)24-11-9-23(10-12-24)8-4-13-27-17-6-7-18-19(14-17)29-15-20(25)22-18/h6-7,14,16H,3-5,8-13,15H2,1-2H3,(H,22,25). The van der Waals surface area contributed by atoms with Crippen LogP contribution in [0.25, 0.3) is 0 Å². The van der Waals surface area contributed by atoms with Crippen molar-refractivity contribution in [2.45, 2.75) is 44.1 Å². The fourth-order valence-corrected chi connectivity index (χ4v) is 4.32. The van der Waals surface area contributed by atoms with E-state index in [0.29, 0.717) is 25.4 Å². The fourth-order valence-electron chi connectivity index (χ4n) is 3.49. The summed E-state index contributed by atoms with van der Waals surface area (Å²) in [6.07, 6.45) is 2.66. The van der Waals surface area contributed by atoms with Gasteiger partial charge in [-0.15, -0.1) is 11.8 Å². The third kappa shape index (κ3) is 6.54. The SMILES string of the molecule is CCCC(C)OC(=O)N1CCN(CCCOc2ccc3c(c2)SCC(=O)N3)CC1. The smallest absolute Gasteiger partial charge is 0.410 e. The van der Waals surface area contributed by atoms with E-state index in [1.165, 1.54) is 11.8 Å². The Bertz CT molecular complexity index is 707. The summed E-state index contributed by atoms with van der Waals surface area (Å²) >= 11 is 1.54. The van der Waals surface area contributed by atoms with Crippen molar-refractivity contribution >= 4 is 29.4 Å². The Morgan fingerprint density at radius 1 is 1.28 bits per heavy atom. The van der Waals surface area contributed by atoms with Crippen LogP contribution in [0.3, 0.4) is 0 Å². The van der Waals surface area contributed by atoms with Gasteiger partial charge in [-0.1, -0.05) is 13.3 Å². The molecule has 7 nitrogen and oxygen atoms in total. The minimum Gasteiger partial charge on any atom is -0.494 e. The molecule has 0 aliphatic carbocycles.